The van der Waals surface area contributed by atoms with Gasteiger partial charge in [0.15, 0.2) is 5.96 Å². The monoisotopic (exact) mass is 423 g/mol. The third-order valence-corrected chi connectivity index (χ3v) is 5.07. The number of hydrogen-bond donors (Lipinski definition) is 2. The van der Waals surface area contributed by atoms with E-state index >= 15 is 0 Å². The van der Waals surface area contributed by atoms with E-state index in [1.165, 1.54) is 0 Å². The molecule has 2 N–H and O–H groups in total. The van der Waals surface area contributed by atoms with Gasteiger partial charge in [0.2, 0.25) is 0 Å². The summed E-state index contributed by atoms with van der Waals surface area (Å²) < 4.78 is 16.9. The Morgan fingerprint density at radius 3 is 2.50 bits per heavy atom. The lowest BCUT2D eigenvalue weighted by atomic mass is 10.1. The highest BCUT2D eigenvalue weighted by atomic mass is 16.6. The number of hydrogen-bond acceptors (Lipinski definition) is 6. The third kappa shape index (κ3) is 5.87. The van der Waals surface area contributed by atoms with Crippen molar-refractivity contribution in [2.24, 2.45) is 4.99 Å². The Morgan fingerprint density at radius 2 is 1.97 bits per heavy atom. The number of carbonyl (C=O) groups excluding carboxylic acids is 1. The summed E-state index contributed by atoms with van der Waals surface area (Å²) >= 11 is 0. The van der Waals surface area contributed by atoms with Crippen molar-refractivity contribution in [1.29, 1.82) is 0 Å². The number of amides is 1. The highest BCUT2D eigenvalue weighted by molar-refractivity contribution is 5.79. The highest BCUT2D eigenvalue weighted by Crippen LogP contribution is 2.33. The summed E-state index contributed by atoms with van der Waals surface area (Å²) in [6.07, 6.45) is 0.243. The normalized spacial score (nSPS) is 21.6. The van der Waals surface area contributed by atoms with Gasteiger partial charge in [0, 0.05) is 25.7 Å². The molecule has 0 bridgehead atoms. The molecule has 2 atom stereocenters. The van der Waals surface area contributed by atoms with Gasteiger partial charge in [0.1, 0.15) is 17.1 Å². The summed E-state index contributed by atoms with van der Waals surface area (Å²) in [4.78, 5) is 18.8. The van der Waals surface area contributed by atoms with Crippen LogP contribution in [0.4, 0.5) is 4.79 Å². The molecule has 0 spiro atoms. The van der Waals surface area contributed by atoms with Gasteiger partial charge < -0.3 is 24.6 Å². The van der Waals surface area contributed by atoms with Crippen LogP contribution < -0.4 is 10.6 Å². The molecular weight excluding hydrogens is 386 g/mol. The summed E-state index contributed by atoms with van der Waals surface area (Å²) in [5, 5.41) is 10.6. The van der Waals surface area contributed by atoms with Gasteiger partial charge in [0.25, 0.3) is 0 Å². The molecule has 1 fully saturated rings. The summed E-state index contributed by atoms with van der Waals surface area (Å²) in [5.41, 5.74) is 0.680. The standard InChI is InChI=1S/C21H37N5O4/c1-13-16(14(2)30-25-13)10-11-23-18(22-9)24-12-17-15(3)28-21(7,8)26(17)19(27)29-20(4,5)6/h15,17H,10-12H2,1-9H3,(H2,22,23,24). The number of ether oxygens (including phenoxy) is 2. The second kappa shape index (κ2) is 9.24. The molecule has 2 heterocycles. The zero-order valence-corrected chi connectivity index (χ0v) is 19.8. The minimum absolute atomic E-state index is 0.152. The molecule has 1 aliphatic rings. The first-order valence-corrected chi connectivity index (χ1v) is 10.4. The van der Waals surface area contributed by atoms with Crippen molar-refractivity contribution >= 4 is 12.1 Å². The Bertz CT molecular complexity index is 746. The summed E-state index contributed by atoms with van der Waals surface area (Å²) in [5.74, 6) is 1.49. The fourth-order valence-electron chi connectivity index (χ4n) is 3.71. The number of guanidine groups is 1. The van der Waals surface area contributed by atoms with Gasteiger partial charge in [-0.25, -0.2) is 4.79 Å². The van der Waals surface area contributed by atoms with Crippen molar-refractivity contribution in [3.63, 3.8) is 0 Å². The third-order valence-electron chi connectivity index (χ3n) is 5.07. The Morgan fingerprint density at radius 1 is 1.30 bits per heavy atom. The average molecular weight is 424 g/mol. The van der Waals surface area contributed by atoms with Crippen LogP contribution in [0.1, 0.15) is 58.6 Å². The van der Waals surface area contributed by atoms with Crippen LogP contribution >= 0.6 is 0 Å². The smallest absolute Gasteiger partial charge is 0.412 e. The molecule has 1 aromatic heterocycles. The second-order valence-electron chi connectivity index (χ2n) is 9.12. The minimum Gasteiger partial charge on any atom is -0.444 e. The molecule has 1 aromatic rings. The predicted molar refractivity (Wildman–Crippen MR) is 116 cm³/mol. The maximum atomic E-state index is 12.8. The summed E-state index contributed by atoms with van der Waals surface area (Å²) in [7, 11) is 1.72. The molecule has 0 aromatic carbocycles. The van der Waals surface area contributed by atoms with Gasteiger partial charge in [-0.15, -0.1) is 0 Å². The van der Waals surface area contributed by atoms with Crippen LogP contribution in [0.3, 0.4) is 0 Å². The molecule has 2 unspecified atom stereocenters. The molecular formula is C21H37N5O4. The number of aryl methyl sites for hydroxylation is 2. The van der Waals surface area contributed by atoms with E-state index in [4.69, 9.17) is 14.0 Å². The number of aliphatic imine (C=N–C) groups is 1. The van der Waals surface area contributed by atoms with E-state index in [1.54, 1.807) is 11.9 Å². The van der Waals surface area contributed by atoms with E-state index < -0.39 is 11.3 Å². The van der Waals surface area contributed by atoms with E-state index in [0.29, 0.717) is 19.0 Å². The van der Waals surface area contributed by atoms with Crippen molar-refractivity contribution < 1.29 is 18.8 Å². The molecule has 1 amide bonds. The van der Waals surface area contributed by atoms with Crippen LogP contribution in [0, 0.1) is 13.8 Å². The quantitative estimate of drug-likeness (QED) is 0.555. The first-order valence-electron chi connectivity index (χ1n) is 10.4. The molecule has 170 valence electrons. The Hall–Kier alpha value is -2.29. The lowest BCUT2D eigenvalue weighted by Gasteiger charge is -2.35. The molecule has 1 aliphatic heterocycles. The Balaban J connectivity index is 1.97. The minimum atomic E-state index is -0.756. The molecule has 2 rings (SSSR count). The van der Waals surface area contributed by atoms with Gasteiger partial charge in [-0.05, 0) is 61.8 Å². The molecule has 9 heteroatoms. The molecule has 0 radical (unpaired) electrons. The maximum absolute atomic E-state index is 12.8. The molecule has 0 saturated carbocycles. The lowest BCUT2D eigenvalue weighted by molar-refractivity contribution is -0.0755. The summed E-state index contributed by atoms with van der Waals surface area (Å²) in [6.45, 7) is 16.3. The molecule has 1 saturated heterocycles. The number of nitrogens with zero attached hydrogens (tertiary/aromatic N) is 3. The van der Waals surface area contributed by atoms with Gasteiger partial charge in [-0.2, -0.15) is 0 Å². The van der Waals surface area contributed by atoms with Crippen molar-refractivity contribution in [2.75, 3.05) is 20.1 Å². The van der Waals surface area contributed by atoms with Crippen molar-refractivity contribution in [3.05, 3.63) is 17.0 Å². The number of nitrogens with one attached hydrogen (secondary N) is 2. The first-order chi connectivity index (χ1) is 13.9. The van der Waals surface area contributed by atoms with E-state index in [0.717, 1.165) is 23.4 Å². The van der Waals surface area contributed by atoms with E-state index in [1.807, 2.05) is 55.4 Å². The summed E-state index contributed by atoms with van der Waals surface area (Å²) in [6, 6.07) is -0.198. The van der Waals surface area contributed by atoms with Gasteiger partial charge in [-0.3, -0.25) is 9.89 Å². The Kier molecular flexibility index (Phi) is 7.39. The number of aromatic nitrogens is 1. The van der Waals surface area contributed by atoms with E-state index in [2.05, 4.69) is 20.8 Å². The van der Waals surface area contributed by atoms with Crippen molar-refractivity contribution in [3.8, 4) is 0 Å². The maximum Gasteiger partial charge on any atom is 0.412 e. The topological polar surface area (TPSA) is 101 Å². The molecule has 9 nitrogen and oxygen atoms in total. The second-order valence-corrected chi connectivity index (χ2v) is 9.12. The van der Waals surface area contributed by atoms with Crippen LogP contribution in [0.25, 0.3) is 0 Å². The van der Waals surface area contributed by atoms with Crippen LogP contribution in [0.5, 0.6) is 0 Å². The lowest BCUT2D eigenvalue weighted by Crippen LogP contribution is -2.54. The molecule has 30 heavy (non-hydrogen) atoms. The van der Waals surface area contributed by atoms with Crippen LogP contribution in [-0.4, -0.2) is 65.7 Å². The largest absolute Gasteiger partial charge is 0.444 e. The zero-order chi connectivity index (χ0) is 22.7. The SMILES string of the molecule is CN=C(NCCc1c(C)noc1C)NCC1C(C)OC(C)(C)N1C(=O)OC(C)(C)C. The fraction of sp³-hybridized carbons (Fsp3) is 0.762. The van der Waals surface area contributed by atoms with E-state index in [9.17, 15) is 4.79 Å². The van der Waals surface area contributed by atoms with Crippen LogP contribution in [0.15, 0.2) is 9.52 Å². The molecule has 0 aliphatic carbocycles. The van der Waals surface area contributed by atoms with Crippen molar-refractivity contribution in [2.45, 2.75) is 85.3 Å². The number of rotatable bonds is 5. The predicted octanol–water partition coefficient (Wildman–Crippen LogP) is 2.76. The first kappa shape index (κ1) is 24.0. The van der Waals surface area contributed by atoms with Gasteiger partial charge in [-0.1, -0.05) is 5.16 Å². The average Bonchev–Trinajstić information content (AvgIpc) is 3.04. The Labute approximate surface area is 179 Å². The highest BCUT2D eigenvalue weighted by Gasteiger charge is 2.49. The van der Waals surface area contributed by atoms with Crippen LogP contribution in [-0.2, 0) is 15.9 Å². The zero-order valence-electron chi connectivity index (χ0n) is 19.8. The van der Waals surface area contributed by atoms with Crippen molar-refractivity contribution in [1.82, 2.24) is 20.7 Å². The van der Waals surface area contributed by atoms with E-state index in [-0.39, 0.29) is 18.2 Å². The van der Waals surface area contributed by atoms with Gasteiger partial charge in [0.05, 0.1) is 17.8 Å². The fourth-order valence-corrected chi connectivity index (χ4v) is 3.71. The number of carbonyl (C=O) groups is 1. The van der Waals surface area contributed by atoms with Gasteiger partial charge >= 0.3 is 6.09 Å². The van der Waals surface area contributed by atoms with Crippen LogP contribution in [0.2, 0.25) is 0 Å².